The first-order chi connectivity index (χ1) is 19.4. The number of allylic oxidation sites excluding steroid dienone is 1. The first kappa shape index (κ1) is 27.5. The molecule has 2 heterocycles. The molecule has 3 aromatic carbocycles. The van der Waals surface area contributed by atoms with E-state index in [0.717, 1.165) is 52.4 Å². The molecule has 1 aliphatic heterocycles. The average Bonchev–Trinajstić information content (AvgIpc) is 3.34. The monoisotopic (exact) mass is 553 g/mol. The van der Waals surface area contributed by atoms with E-state index < -0.39 is 6.04 Å². The van der Waals surface area contributed by atoms with Gasteiger partial charge in [0.15, 0.2) is 0 Å². The minimum atomic E-state index is -0.475. The van der Waals surface area contributed by atoms with Gasteiger partial charge < -0.3 is 15.4 Å². The van der Waals surface area contributed by atoms with Gasteiger partial charge in [0.2, 0.25) is 11.1 Å². The Hall–Kier alpha value is -4.04. The van der Waals surface area contributed by atoms with Crippen molar-refractivity contribution in [2.24, 2.45) is 0 Å². The lowest BCUT2D eigenvalue weighted by Gasteiger charge is -2.29. The van der Waals surface area contributed by atoms with Crippen LogP contribution in [0.25, 0.3) is 0 Å². The summed E-state index contributed by atoms with van der Waals surface area (Å²) in [6.07, 6.45) is 2.20. The van der Waals surface area contributed by atoms with Crippen LogP contribution in [0.3, 0.4) is 0 Å². The van der Waals surface area contributed by atoms with Gasteiger partial charge in [-0.05, 0) is 68.1 Å². The number of anilines is 2. The number of nitrogens with one attached hydrogen (secondary N) is 2. The lowest BCUT2D eigenvalue weighted by molar-refractivity contribution is -0.113. The number of hydrogen-bond acceptors (Lipinski definition) is 6. The molecule has 7 nitrogen and oxygen atoms in total. The van der Waals surface area contributed by atoms with Crippen LogP contribution >= 0.6 is 11.8 Å². The number of rotatable bonds is 10. The SMILES string of the molecule is CCCCSc1nc2n(n1)C(c1cccc(OCc3ccc(C)cc3)c1)C(C(=O)Nc1cccc(C)c1)=C(C)N2. The fraction of sp³-hybridized carbons (Fsp3) is 0.281. The second-order valence-corrected chi connectivity index (χ2v) is 11.2. The van der Waals surface area contributed by atoms with Crippen LogP contribution in [-0.2, 0) is 11.4 Å². The van der Waals surface area contributed by atoms with Gasteiger partial charge in [-0.15, -0.1) is 5.10 Å². The van der Waals surface area contributed by atoms with Crippen molar-refractivity contribution in [3.63, 3.8) is 0 Å². The van der Waals surface area contributed by atoms with E-state index in [1.165, 1.54) is 5.56 Å². The van der Waals surface area contributed by atoms with Crippen LogP contribution in [0.4, 0.5) is 11.6 Å². The topological polar surface area (TPSA) is 81.1 Å². The highest BCUT2D eigenvalue weighted by atomic mass is 32.2. The molecule has 1 aliphatic rings. The quantitative estimate of drug-likeness (QED) is 0.159. The van der Waals surface area contributed by atoms with Crippen molar-refractivity contribution in [1.29, 1.82) is 0 Å². The van der Waals surface area contributed by atoms with E-state index in [4.69, 9.17) is 14.8 Å². The largest absolute Gasteiger partial charge is 0.489 e. The lowest BCUT2D eigenvalue weighted by atomic mass is 9.94. The number of benzene rings is 3. The summed E-state index contributed by atoms with van der Waals surface area (Å²) in [5.74, 6) is 2.11. The standard InChI is InChI=1S/C32H35N5O2S/c1-5-6-17-40-32-35-31-33-23(4)28(30(38)34-26-11-7-9-22(3)18-26)29(37(31)36-32)25-10-8-12-27(19-25)39-20-24-15-13-21(2)14-16-24/h7-16,18-19,29H,5-6,17,20H2,1-4H3,(H,34,38)(H,33,35,36). The molecule has 0 aliphatic carbocycles. The molecule has 1 aromatic heterocycles. The summed E-state index contributed by atoms with van der Waals surface area (Å²) in [5.41, 5.74) is 6.36. The van der Waals surface area contributed by atoms with Crippen LogP contribution in [0, 0.1) is 13.8 Å². The van der Waals surface area contributed by atoms with Crippen molar-refractivity contribution in [3.8, 4) is 5.75 Å². The number of amides is 1. The van der Waals surface area contributed by atoms with E-state index in [2.05, 4.69) is 48.7 Å². The maximum absolute atomic E-state index is 13.8. The molecule has 0 spiro atoms. The summed E-state index contributed by atoms with van der Waals surface area (Å²) in [4.78, 5) is 18.6. The third kappa shape index (κ3) is 6.39. The number of ether oxygens (including phenoxy) is 1. The first-order valence-electron chi connectivity index (χ1n) is 13.6. The van der Waals surface area contributed by atoms with Gasteiger partial charge in [0.1, 0.15) is 18.4 Å². The number of carbonyl (C=O) groups excluding carboxylic acids is 1. The number of thioether (sulfide) groups is 1. The molecule has 40 heavy (non-hydrogen) atoms. The second kappa shape index (κ2) is 12.4. The van der Waals surface area contributed by atoms with Crippen LogP contribution in [-0.4, -0.2) is 26.4 Å². The van der Waals surface area contributed by atoms with Gasteiger partial charge in [-0.25, -0.2) is 4.68 Å². The lowest BCUT2D eigenvalue weighted by Crippen LogP contribution is -2.31. The average molecular weight is 554 g/mol. The molecule has 0 fully saturated rings. The Morgan fingerprint density at radius 2 is 1.82 bits per heavy atom. The zero-order chi connectivity index (χ0) is 28.1. The molecule has 5 rings (SSSR count). The fourth-order valence-corrected chi connectivity index (χ4v) is 5.56. The second-order valence-electron chi connectivity index (χ2n) is 10.1. The Labute approximate surface area is 240 Å². The molecule has 0 bridgehead atoms. The van der Waals surface area contributed by atoms with Crippen LogP contribution in [0.5, 0.6) is 5.75 Å². The maximum Gasteiger partial charge on any atom is 0.255 e. The van der Waals surface area contributed by atoms with E-state index in [9.17, 15) is 4.79 Å². The van der Waals surface area contributed by atoms with Crippen molar-refractivity contribution in [2.75, 3.05) is 16.4 Å². The van der Waals surface area contributed by atoms with Gasteiger partial charge in [-0.3, -0.25) is 4.79 Å². The summed E-state index contributed by atoms with van der Waals surface area (Å²) in [6, 6.07) is 23.5. The van der Waals surface area contributed by atoms with Crippen molar-refractivity contribution in [1.82, 2.24) is 14.8 Å². The minimum Gasteiger partial charge on any atom is -0.489 e. The molecule has 0 saturated heterocycles. The normalized spacial score (nSPS) is 14.4. The van der Waals surface area contributed by atoms with E-state index in [-0.39, 0.29) is 5.91 Å². The van der Waals surface area contributed by atoms with Crippen molar-refractivity contribution in [2.45, 2.75) is 58.3 Å². The Morgan fingerprint density at radius 3 is 2.60 bits per heavy atom. The summed E-state index contributed by atoms with van der Waals surface area (Å²) < 4.78 is 8.00. The van der Waals surface area contributed by atoms with E-state index in [0.29, 0.717) is 23.3 Å². The molecule has 2 N–H and O–H groups in total. The van der Waals surface area contributed by atoms with E-state index >= 15 is 0 Å². The van der Waals surface area contributed by atoms with Crippen LogP contribution < -0.4 is 15.4 Å². The van der Waals surface area contributed by atoms with Crippen LogP contribution in [0.2, 0.25) is 0 Å². The summed E-state index contributed by atoms with van der Waals surface area (Å²) in [6.45, 7) is 8.62. The van der Waals surface area contributed by atoms with Gasteiger partial charge in [-0.2, -0.15) is 4.98 Å². The van der Waals surface area contributed by atoms with Gasteiger partial charge in [0.25, 0.3) is 5.91 Å². The molecule has 206 valence electrons. The van der Waals surface area contributed by atoms with Gasteiger partial charge in [0.05, 0.1) is 5.57 Å². The fourth-order valence-electron chi connectivity index (χ4n) is 4.65. The zero-order valence-corrected chi connectivity index (χ0v) is 24.2. The molecule has 8 heteroatoms. The van der Waals surface area contributed by atoms with Gasteiger partial charge >= 0.3 is 0 Å². The molecular weight excluding hydrogens is 518 g/mol. The number of carbonyl (C=O) groups is 1. The van der Waals surface area contributed by atoms with E-state index in [1.54, 1.807) is 11.8 Å². The zero-order valence-electron chi connectivity index (χ0n) is 23.4. The van der Waals surface area contributed by atoms with E-state index in [1.807, 2.05) is 67.1 Å². The number of aromatic nitrogens is 3. The predicted molar refractivity (Wildman–Crippen MR) is 162 cm³/mol. The third-order valence-corrected chi connectivity index (χ3v) is 7.71. The minimum absolute atomic E-state index is 0.187. The Kier molecular flexibility index (Phi) is 8.55. The number of unbranched alkanes of at least 4 members (excludes halogenated alkanes) is 1. The predicted octanol–water partition coefficient (Wildman–Crippen LogP) is 7.29. The number of aryl methyl sites for hydroxylation is 2. The van der Waals surface area contributed by atoms with Gasteiger partial charge in [0, 0.05) is 17.1 Å². The molecule has 0 radical (unpaired) electrons. The van der Waals surface area contributed by atoms with Crippen LogP contribution in [0.1, 0.15) is 55.0 Å². The Balaban J connectivity index is 1.48. The number of hydrogen-bond donors (Lipinski definition) is 2. The van der Waals surface area contributed by atoms with Gasteiger partial charge in [-0.1, -0.05) is 79.2 Å². The molecular formula is C32H35N5O2S. The highest BCUT2D eigenvalue weighted by Gasteiger charge is 2.34. The summed E-state index contributed by atoms with van der Waals surface area (Å²) >= 11 is 1.63. The molecule has 1 unspecified atom stereocenters. The smallest absolute Gasteiger partial charge is 0.255 e. The summed E-state index contributed by atoms with van der Waals surface area (Å²) in [7, 11) is 0. The summed E-state index contributed by atoms with van der Waals surface area (Å²) in [5, 5.41) is 12.0. The molecule has 0 saturated carbocycles. The first-order valence-corrected chi connectivity index (χ1v) is 14.6. The van der Waals surface area contributed by atoms with Crippen molar-refractivity contribution < 1.29 is 9.53 Å². The molecule has 1 amide bonds. The Morgan fingerprint density at radius 1 is 1.02 bits per heavy atom. The maximum atomic E-state index is 13.8. The highest BCUT2D eigenvalue weighted by molar-refractivity contribution is 7.99. The Bertz CT molecular complexity index is 1530. The number of nitrogens with zero attached hydrogens (tertiary/aromatic N) is 3. The van der Waals surface area contributed by atoms with Crippen molar-refractivity contribution in [3.05, 3.63) is 106 Å². The van der Waals surface area contributed by atoms with Crippen LogP contribution in [0.15, 0.2) is 89.2 Å². The molecule has 1 atom stereocenters. The molecule has 4 aromatic rings. The van der Waals surface area contributed by atoms with Crippen molar-refractivity contribution >= 4 is 29.3 Å². The number of fused-ring (bicyclic) bond motifs is 1. The third-order valence-electron chi connectivity index (χ3n) is 6.78. The highest BCUT2D eigenvalue weighted by Crippen LogP contribution is 2.38.